The van der Waals surface area contributed by atoms with Crippen LogP contribution in [-0.2, 0) is 0 Å². The van der Waals surface area contributed by atoms with E-state index in [0.29, 0.717) is 0 Å². The lowest BCUT2D eigenvalue weighted by Crippen LogP contribution is -2.06. The van der Waals surface area contributed by atoms with Gasteiger partial charge in [-0.25, -0.2) is 8.78 Å². The van der Waals surface area contributed by atoms with Gasteiger partial charge in [0.05, 0.1) is 0 Å². The Labute approximate surface area is 60.5 Å². The number of nitrogens with zero attached hydrogens (tertiary/aromatic N) is 3. The van der Waals surface area contributed by atoms with E-state index < -0.39 is 12.2 Å². The fourth-order valence-corrected chi connectivity index (χ4v) is 0.525. The summed E-state index contributed by atoms with van der Waals surface area (Å²) in [4.78, 5) is 9.63. The van der Waals surface area contributed by atoms with Crippen LogP contribution >= 0.6 is 0 Å². The molecule has 0 spiro atoms. The maximum atomic E-state index is 11.9. The second-order valence-electron chi connectivity index (χ2n) is 1.71. The summed E-state index contributed by atoms with van der Waals surface area (Å²) < 4.78 is 23.7. The lowest BCUT2D eigenvalue weighted by molar-refractivity contribution is 0.140. The van der Waals surface area contributed by atoms with E-state index in [4.69, 9.17) is 11.5 Å². The predicted molar refractivity (Wildman–Crippen MR) is 33.6 cm³/mol. The second kappa shape index (κ2) is 2.60. The molecule has 0 unspecified atom stereocenters. The van der Waals surface area contributed by atoms with E-state index >= 15 is 0 Å². The molecular formula is C4H5F2N5. The van der Waals surface area contributed by atoms with Crippen molar-refractivity contribution in [2.75, 3.05) is 11.5 Å². The molecule has 0 radical (unpaired) electrons. The van der Waals surface area contributed by atoms with Gasteiger partial charge < -0.3 is 11.5 Å². The SMILES string of the molecule is Nc1nc(N)nc(C(F)F)n1. The molecule has 0 amide bonds. The number of alkyl halides is 2. The van der Waals surface area contributed by atoms with E-state index in [2.05, 4.69) is 15.0 Å². The molecule has 0 saturated carbocycles. The lowest BCUT2D eigenvalue weighted by atomic mass is 10.6. The van der Waals surface area contributed by atoms with Crippen LogP contribution in [0.15, 0.2) is 0 Å². The first-order chi connectivity index (χ1) is 5.09. The van der Waals surface area contributed by atoms with Crippen LogP contribution in [0.4, 0.5) is 20.7 Å². The summed E-state index contributed by atoms with van der Waals surface area (Å²) in [5.74, 6) is -1.30. The van der Waals surface area contributed by atoms with Gasteiger partial charge in [0.25, 0.3) is 6.43 Å². The van der Waals surface area contributed by atoms with Gasteiger partial charge in [-0.2, -0.15) is 15.0 Å². The zero-order valence-corrected chi connectivity index (χ0v) is 5.33. The van der Waals surface area contributed by atoms with Crippen molar-refractivity contribution in [2.45, 2.75) is 6.43 Å². The minimum Gasteiger partial charge on any atom is -0.368 e. The van der Waals surface area contributed by atoms with Crippen molar-refractivity contribution in [3.8, 4) is 0 Å². The van der Waals surface area contributed by atoms with Crippen molar-refractivity contribution in [3.63, 3.8) is 0 Å². The molecule has 7 heteroatoms. The highest BCUT2D eigenvalue weighted by atomic mass is 19.3. The van der Waals surface area contributed by atoms with E-state index in [1.54, 1.807) is 0 Å². The highest BCUT2D eigenvalue weighted by molar-refractivity contribution is 5.25. The third kappa shape index (κ3) is 1.69. The molecule has 1 rings (SSSR count). The Bertz CT molecular complexity index is 242. The van der Waals surface area contributed by atoms with E-state index in [1.165, 1.54) is 0 Å². The normalized spacial score (nSPS) is 10.5. The minimum atomic E-state index is -2.78. The van der Waals surface area contributed by atoms with E-state index in [0.717, 1.165) is 0 Å². The average Bonchev–Trinajstić information content (AvgIpc) is 1.85. The van der Waals surface area contributed by atoms with E-state index in [1.807, 2.05) is 0 Å². The molecule has 5 nitrogen and oxygen atoms in total. The molecule has 0 atom stereocenters. The standard InChI is InChI=1S/C4H5F2N5/c5-1(6)2-9-3(7)11-4(8)10-2/h1H,(H4,7,8,9,10,11). The van der Waals surface area contributed by atoms with Crippen molar-refractivity contribution in [2.24, 2.45) is 0 Å². The Kier molecular flexibility index (Phi) is 1.79. The first-order valence-corrected chi connectivity index (χ1v) is 2.64. The summed E-state index contributed by atoms with van der Waals surface area (Å²) in [6.45, 7) is 0. The minimum absolute atomic E-state index is 0.298. The predicted octanol–water partition coefficient (Wildman–Crippen LogP) is -0.0264. The number of aromatic nitrogens is 3. The highest BCUT2D eigenvalue weighted by Gasteiger charge is 2.12. The number of halogens is 2. The number of nitrogens with two attached hydrogens (primary N) is 2. The van der Waals surface area contributed by atoms with Gasteiger partial charge >= 0.3 is 0 Å². The van der Waals surface area contributed by atoms with Gasteiger partial charge in [-0.15, -0.1) is 0 Å². The number of rotatable bonds is 1. The molecule has 1 aromatic heterocycles. The van der Waals surface area contributed by atoms with Crippen LogP contribution in [-0.4, -0.2) is 15.0 Å². The summed E-state index contributed by atoms with van der Waals surface area (Å²) in [6, 6.07) is 0. The zero-order chi connectivity index (χ0) is 8.43. The summed E-state index contributed by atoms with van der Waals surface area (Å²) in [5.41, 5.74) is 10.0. The van der Waals surface area contributed by atoms with Gasteiger partial charge in [0.1, 0.15) is 0 Å². The first kappa shape index (κ1) is 7.58. The molecule has 0 aliphatic heterocycles. The Balaban J connectivity index is 3.08. The summed E-state index contributed by atoms with van der Waals surface area (Å²) in [5, 5.41) is 0. The Morgan fingerprint density at radius 2 is 1.45 bits per heavy atom. The molecule has 0 aliphatic carbocycles. The third-order valence-electron chi connectivity index (χ3n) is 0.882. The quantitative estimate of drug-likeness (QED) is 0.603. The molecule has 0 aromatic carbocycles. The topological polar surface area (TPSA) is 90.7 Å². The molecule has 4 N–H and O–H groups in total. The van der Waals surface area contributed by atoms with E-state index in [9.17, 15) is 8.78 Å². The number of hydrogen-bond donors (Lipinski definition) is 2. The summed E-state index contributed by atoms with van der Waals surface area (Å²) in [7, 11) is 0. The number of nitrogen functional groups attached to an aromatic ring is 2. The molecule has 1 heterocycles. The van der Waals surface area contributed by atoms with Gasteiger partial charge in [0.15, 0.2) is 0 Å². The Morgan fingerprint density at radius 1 is 1.00 bits per heavy atom. The zero-order valence-electron chi connectivity index (χ0n) is 5.33. The monoisotopic (exact) mass is 161 g/mol. The average molecular weight is 161 g/mol. The van der Waals surface area contributed by atoms with Crippen LogP contribution in [0, 0.1) is 0 Å². The number of hydrogen-bond acceptors (Lipinski definition) is 5. The van der Waals surface area contributed by atoms with Crippen LogP contribution in [0.3, 0.4) is 0 Å². The maximum absolute atomic E-state index is 11.9. The van der Waals surface area contributed by atoms with Crippen molar-refractivity contribution >= 4 is 11.9 Å². The maximum Gasteiger partial charge on any atom is 0.297 e. The Hall–Kier alpha value is -1.53. The molecular weight excluding hydrogens is 156 g/mol. The first-order valence-electron chi connectivity index (χ1n) is 2.64. The fraction of sp³-hybridized carbons (Fsp3) is 0.250. The summed E-state index contributed by atoms with van der Waals surface area (Å²) in [6.07, 6.45) is -2.78. The molecule has 60 valence electrons. The van der Waals surface area contributed by atoms with Gasteiger partial charge in [0.2, 0.25) is 17.7 Å². The van der Waals surface area contributed by atoms with Crippen LogP contribution in [0.5, 0.6) is 0 Å². The molecule has 0 fully saturated rings. The van der Waals surface area contributed by atoms with Gasteiger partial charge in [-0.1, -0.05) is 0 Å². The molecule has 1 aromatic rings. The molecule has 0 bridgehead atoms. The molecule has 0 aliphatic rings. The fourth-order valence-electron chi connectivity index (χ4n) is 0.525. The van der Waals surface area contributed by atoms with Gasteiger partial charge in [-0.05, 0) is 0 Å². The molecule has 0 saturated heterocycles. The van der Waals surface area contributed by atoms with Crippen LogP contribution in [0.2, 0.25) is 0 Å². The van der Waals surface area contributed by atoms with Crippen LogP contribution in [0.1, 0.15) is 12.2 Å². The van der Waals surface area contributed by atoms with Crippen molar-refractivity contribution in [1.29, 1.82) is 0 Å². The Morgan fingerprint density at radius 3 is 1.82 bits per heavy atom. The highest BCUT2D eigenvalue weighted by Crippen LogP contribution is 2.14. The van der Waals surface area contributed by atoms with Crippen molar-refractivity contribution in [3.05, 3.63) is 5.82 Å². The van der Waals surface area contributed by atoms with Crippen molar-refractivity contribution < 1.29 is 8.78 Å². The largest absolute Gasteiger partial charge is 0.368 e. The van der Waals surface area contributed by atoms with Crippen LogP contribution < -0.4 is 11.5 Å². The smallest absolute Gasteiger partial charge is 0.297 e. The van der Waals surface area contributed by atoms with Crippen LogP contribution in [0.25, 0.3) is 0 Å². The molecule has 11 heavy (non-hydrogen) atoms. The summed E-state index contributed by atoms with van der Waals surface area (Å²) >= 11 is 0. The van der Waals surface area contributed by atoms with Crippen molar-refractivity contribution in [1.82, 2.24) is 15.0 Å². The lowest BCUT2D eigenvalue weighted by Gasteiger charge is -1.98. The van der Waals surface area contributed by atoms with E-state index in [-0.39, 0.29) is 11.9 Å². The second-order valence-corrected chi connectivity index (χ2v) is 1.71. The van der Waals surface area contributed by atoms with Gasteiger partial charge in [0, 0.05) is 0 Å². The number of anilines is 2. The van der Waals surface area contributed by atoms with Gasteiger partial charge in [-0.3, -0.25) is 0 Å². The third-order valence-corrected chi connectivity index (χ3v) is 0.882.